The summed E-state index contributed by atoms with van der Waals surface area (Å²) in [5.41, 5.74) is 5.99. The van der Waals surface area contributed by atoms with E-state index in [0.717, 1.165) is 4.90 Å². The number of nitrogens with zero attached hydrogens (tertiary/aromatic N) is 1. The predicted molar refractivity (Wildman–Crippen MR) is 83.5 cm³/mol. The maximum absolute atomic E-state index is 12.7. The second-order valence-corrected chi connectivity index (χ2v) is 6.11. The molecule has 0 aliphatic carbocycles. The molecule has 0 radical (unpaired) electrons. The van der Waals surface area contributed by atoms with Gasteiger partial charge in [-0.05, 0) is 26.0 Å². The first-order valence-corrected chi connectivity index (χ1v) is 7.87. The SMILES string of the molecule is CCOC(=O)CC1Sc2ccccc2N(C(C)C(N)=O)C1=O. The summed E-state index contributed by atoms with van der Waals surface area (Å²) in [5, 5.41) is -0.615. The van der Waals surface area contributed by atoms with Crippen LogP contribution >= 0.6 is 11.8 Å². The third-order valence-corrected chi connectivity index (χ3v) is 4.62. The van der Waals surface area contributed by atoms with Crippen molar-refractivity contribution in [1.82, 2.24) is 0 Å². The molecule has 0 spiro atoms. The molecule has 1 aliphatic heterocycles. The predicted octanol–water partition coefficient (Wildman–Crippen LogP) is 1.32. The van der Waals surface area contributed by atoms with Gasteiger partial charge in [0, 0.05) is 4.90 Å². The molecular weight excluding hydrogens is 304 g/mol. The smallest absolute Gasteiger partial charge is 0.307 e. The molecule has 0 fully saturated rings. The lowest BCUT2D eigenvalue weighted by Crippen LogP contribution is -2.51. The van der Waals surface area contributed by atoms with Crippen molar-refractivity contribution in [2.75, 3.05) is 11.5 Å². The van der Waals surface area contributed by atoms with Gasteiger partial charge in [-0.3, -0.25) is 19.3 Å². The van der Waals surface area contributed by atoms with Crippen molar-refractivity contribution in [1.29, 1.82) is 0 Å². The number of fused-ring (bicyclic) bond motifs is 1. The molecule has 0 aromatic heterocycles. The Kier molecular flexibility index (Phi) is 5.07. The molecule has 2 N–H and O–H groups in total. The van der Waals surface area contributed by atoms with Crippen molar-refractivity contribution in [3.63, 3.8) is 0 Å². The summed E-state index contributed by atoms with van der Waals surface area (Å²) in [5.74, 6) is -1.33. The second-order valence-electron chi connectivity index (χ2n) is 4.87. The standard InChI is InChI=1S/C15H18N2O4S/c1-3-21-13(18)8-12-15(20)17(9(2)14(16)19)10-6-4-5-7-11(10)22-12/h4-7,9,12H,3,8H2,1-2H3,(H2,16,19). The van der Waals surface area contributed by atoms with E-state index in [1.54, 1.807) is 26.0 Å². The molecule has 0 saturated heterocycles. The highest BCUT2D eigenvalue weighted by molar-refractivity contribution is 8.01. The van der Waals surface area contributed by atoms with E-state index in [0.29, 0.717) is 5.69 Å². The minimum Gasteiger partial charge on any atom is -0.466 e. The Bertz CT molecular complexity index is 605. The van der Waals surface area contributed by atoms with Crippen molar-refractivity contribution in [3.8, 4) is 0 Å². The zero-order valence-electron chi connectivity index (χ0n) is 12.4. The van der Waals surface area contributed by atoms with Crippen LogP contribution in [0.5, 0.6) is 0 Å². The van der Waals surface area contributed by atoms with E-state index >= 15 is 0 Å². The van der Waals surface area contributed by atoms with Gasteiger partial charge in [-0.15, -0.1) is 11.8 Å². The summed E-state index contributed by atoms with van der Waals surface area (Å²) in [4.78, 5) is 38.1. The van der Waals surface area contributed by atoms with Gasteiger partial charge >= 0.3 is 5.97 Å². The van der Waals surface area contributed by atoms with Gasteiger partial charge in [0.1, 0.15) is 6.04 Å². The quantitative estimate of drug-likeness (QED) is 0.826. The van der Waals surface area contributed by atoms with Gasteiger partial charge in [-0.1, -0.05) is 12.1 Å². The van der Waals surface area contributed by atoms with Gasteiger partial charge in [0.15, 0.2) is 0 Å². The Balaban J connectivity index is 2.33. The maximum Gasteiger partial charge on any atom is 0.307 e. The Hall–Kier alpha value is -2.02. The molecule has 1 aromatic rings. The molecule has 6 nitrogen and oxygen atoms in total. The number of hydrogen-bond donors (Lipinski definition) is 1. The Labute approximate surface area is 133 Å². The van der Waals surface area contributed by atoms with Gasteiger partial charge in [-0.25, -0.2) is 0 Å². The Morgan fingerprint density at radius 3 is 2.73 bits per heavy atom. The summed E-state index contributed by atoms with van der Waals surface area (Å²) < 4.78 is 4.91. The van der Waals surface area contributed by atoms with Crippen LogP contribution in [0.25, 0.3) is 0 Å². The average Bonchev–Trinajstić information content (AvgIpc) is 2.47. The lowest BCUT2D eigenvalue weighted by atomic mass is 10.1. The molecule has 2 amide bonds. The van der Waals surface area contributed by atoms with E-state index in [1.165, 1.54) is 16.7 Å². The minimum absolute atomic E-state index is 0.0341. The third kappa shape index (κ3) is 3.24. The lowest BCUT2D eigenvalue weighted by Gasteiger charge is -2.36. The van der Waals surface area contributed by atoms with Crippen molar-refractivity contribution < 1.29 is 19.1 Å². The van der Waals surface area contributed by atoms with Crippen LogP contribution in [0.2, 0.25) is 0 Å². The summed E-state index contributed by atoms with van der Waals surface area (Å²) >= 11 is 1.31. The number of ether oxygens (including phenoxy) is 1. The van der Waals surface area contributed by atoms with Crippen LogP contribution in [0.3, 0.4) is 0 Å². The topological polar surface area (TPSA) is 89.7 Å². The number of thioether (sulfide) groups is 1. The van der Waals surface area contributed by atoms with Crippen molar-refractivity contribution >= 4 is 35.2 Å². The molecule has 2 unspecified atom stereocenters. The number of para-hydroxylation sites is 1. The second kappa shape index (κ2) is 6.83. The molecule has 0 bridgehead atoms. The largest absolute Gasteiger partial charge is 0.466 e. The fourth-order valence-electron chi connectivity index (χ4n) is 2.26. The Morgan fingerprint density at radius 2 is 2.09 bits per heavy atom. The molecule has 1 aromatic carbocycles. The number of anilines is 1. The van der Waals surface area contributed by atoms with Crippen LogP contribution in [-0.4, -0.2) is 35.7 Å². The zero-order valence-corrected chi connectivity index (χ0v) is 13.3. The molecular formula is C15H18N2O4S. The molecule has 22 heavy (non-hydrogen) atoms. The summed E-state index contributed by atoms with van der Waals surface area (Å²) in [7, 11) is 0. The zero-order chi connectivity index (χ0) is 16.3. The summed E-state index contributed by atoms with van der Waals surface area (Å²) in [6.45, 7) is 3.56. The molecule has 0 saturated carbocycles. The van der Waals surface area contributed by atoms with Crippen LogP contribution in [0.4, 0.5) is 5.69 Å². The van der Waals surface area contributed by atoms with Crippen molar-refractivity contribution in [3.05, 3.63) is 24.3 Å². The van der Waals surface area contributed by atoms with E-state index in [1.807, 2.05) is 12.1 Å². The number of carbonyl (C=O) groups is 3. The van der Waals surface area contributed by atoms with Crippen LogP contribution in [0, 0.1) is 0 Å². The highest BCUT2D eigenvalue weighted by atomic mass is 32.2. The van der Waals surface area contributed by atoms with Gasteiger partial charge < -0.3 is 10.5 Å². The molecule has 118 valence electrons. The van der Waals surface area contributed by atoms with E-state index in [9.17, 15) is 14.4 Å². The normalized spacial score (nSPS) is 18.5. The monoisotopic (exact) mass is 322 g/mol. The van der Waals surface area contributed by atoms with Gasteiger partial charge in [-0.2, -0.15) is 0 Å². The molecule has 1 heterocycles. The lowest BCUT2D eigenvalue weighted by molar-refractivity contribution is -0.144. The maximum atomic E-state index is 12.7. The van der Waals surface area contributed by atoms with Crippen LogP contribution in [0.1, 0.15) is 20.3 Å². The van der Waals surface area contributed by atoms with Crippen molar-refractivity contribution in [2.24, 2.45) is 5.73 Å². The van der Waals surface area contributed by atoms with Gasteiger partial charge in [0.25, 0.3) is 0 Å². The minimum atomic E-state index is -0.778. The molecule has 2 atom stereocenters. The highest BCUT2D eigenvalue weighted by Crippen LogP contribution is 2.41. The van der Waals surface area contributed by atoms with Crippen LogP contribution in [-0.2, 0) is 19.1 Å². The summed E-state index contributed by atoms with van der Waals surface area (Å²) in [6, 6.07) is 6.47. The number of amides is 2. The number of esters is 1. The number of primary amides is 1. The van der Waals surface area contributed by atoms with Crippen molar-refractivity contribution in [2.45, 2.75) is 36.5 Å². The van der Waals surface area contributed by atoms with Crippen LogP contribution < -0.4 is 10.6 Å². The van der Waals surface area contributed by atoms with Gasteiger partial charge in [0.2, 0.25) is 11.8 Å². The fraction of sp³-hybridized carbons (Fsp3) is 0.400. The Morgan fingerprint density at radius 1 is 1.41 bits per heavy atom. The molecule has 7 heteroatoms. The molecule has 1 aliphatic rings. The number of hydrogen-bond acceptors (Lipinski definition) is 5. The van der Waals surface area contributed by atoms with E-state index in [-0.39, 0.29) is 18.9 Å². The van der Waals surface area contributed by atoms with Gasteiger partial charge in [0.05, 0.1) is 24.0 Å². The number of nitrogens with two attached hydrogens (primary N) is 1. The fourth-order valence-corrected chi connectivity index (χ4v) is 3.44. The first-order valence-electron chi connectivity index (χ1n) is 6.99. The highest BCUT2D eigenvalue weighted by Gasteiger charge is 2.38. The van der Waals surface area contributed by atoms with E-state index in [4.69, 9.17) is 10.5 Å². The third-order valence-electron chi connectivity index (χ3n) is 3.36. The molecule has 2 rings (SSSR count). The van der Waals surface area contributed by atoms with E-state index in [2.05, 4.69) is 0 Å². The number of carbonyl (C=O) groups excluding carboxylic acids is 3. The summed E-state index contributed by atoms with van der Waals surface area (Å²) in [6.07, 6.45) is -0.0341. The first-order chi connectivity index (χ1) is 10.5. The number of rotatable bonds is 5. The van der Waals surface area contributed by atoms with Crippen LogP contribution in [0.15, 0.2) is 29.2 Å². The average molecular weight is 322 g/mol. The van der Waals surface area contributed by atoms with E-state index < -0.39 is 23.2 Å². The first kappa shape index (κ1) is 16.4. The number of benzene rings is 1.